The van der Waals surface area contributed by atoms with Crippen LogP contribution in [0, 0.1) is 0 Å². The number of carbonyl (C=O) groups is 1. The van der Waals surface area contributed by atoms with E-state index in [0.29, 0.717) is 18.9 Å². The van der Waals surface area contributed by atoms with E-state index in [4.69, 9.17) is 10.5 Å². The summed E-state index contributed by atoms with van der Waals surface area (Å²) in [5, 5.41) is 0. The molecule has 0 spiro atoms. The van der Waals surface area contributed by atoms with Gasteiger partial charge < -0.3 is 10.5 Å². The van der Waals surface area contributed by atoms with E-state index in [1.807, 2.05) is 43.3 Å². The molecule has 0 fully saturated rings. The van der Waals surface area contributed by atoms with Crippen LogP contribution in [0.25, 0.3) is 11.1 Å². The van der Waals surface area contributed by atoms with Gasteiger partial charge in [-0.3, -0.25) is 4.79 Å². The maximum absolute atomic E-state index is 11.7. The van der Waals surface area contributed by atoms with Crippen LogP contribution in [0.4, 0.5) is 5.69 Å². The lowest BCUT2D eigenvalue weighted by Crippen LogP contribution is -2.08. The summed E-state index contributed by atoms with van der Waals surface area (Å²) in [7, 11) is 0. The number of ether oxygens (including phenoxy) is 1. The molecule has 1 unspecified atom stereocenters. The van der Waals surface area contributed by atoms with Crippen molar-refractivity contribution in [3.63, 3.8) is 0 Å². The largest absolute Gasteiger partial charge is 0.466 e. The Morgan fingerprint density at radius 1 is 1.04 bits per heavy atom. The normalized spacial score (nSPS) is 11.9. The lowest BCUT2D eigenvalue weighted by Gasteiger charge is -2.20. The lowest BCUT2D eigenvalue weighted by molar-refractivity contribution is -0.143. The number of hydrogen-bond acceptors (Lipinski definition) is 3. The highest BCUT2D eigenvalue weighted by atomic mass is 16.5. The molecule has 0 aliphatic heterocycles. The van der Waals surface area contributed by atoms with Crippen molar-refractivity contribution in [3.05, 3.63) is 54.1 Å². The average Bonchev–Trinajstić information content (AvgIpc) is 2.57. The Labute approximate surface area is 138 Å². The molecule has 0 aromatic heterocycles. The molecule has 0 aliphatic rings. The van der Waals surface area contributed by atoms with Gasteiger partial charge in [0.2, 0.25) is 0 Å². The molecule has 3 nitrogen and oxygen atoms in total. The van der Waals surface area contributed by atoms with E-state index >= 15 is 0 Å². The van der Waals surface area contributed by atoms with Crippen molar-refractivity contribution in [1.82, 2.24) is 0 Å². The third-order valence-corrected chi connectivity index (χ3v) is 4.15. The molecule has 0 heterocycles. The van der Waals surface area contributed by atoms with Crippen molar-refractivity contribution in [3.8, 4) is 11.1 Å². The van der Waals surface area contributed by atoms with Crippen LogP contribution < -0.4 is 5.73 Å². The molecular weight excluding hydrogens is 286 g/mol. The number of para-hydroxylation sites is 1. The summed E-state index contributed by atoms with van der Waals surface area (Å²) in [4.78, 5) is 11.7. The second-order valence-electron chi connectivity index (χ2n) is 5.62. The Morgan fingerprint density at radius 3 is 2.35 bits per heavy atom. The molecule has 3 heteroatoms. The Bertz CT molecular complexity index is 652. The molecular formula is C20H25NO2. The second kappa shape index (κ2) is 8.37. The summed E-state index contributed by atoms with van der Waals surface area (Å²) in [5.74, 6) is 0.192. The zero-order valence-corrected chi connectivity index (χ0v) is 13.9. The SMILES string of the molecule is CCOC(=O)CCC(CC)c1ccccc1-c1ccccc1N. The molecule has 2 rings (SSSR count). The Morgan fingerprint density at radius 2 is 1.70 bits per heavy atom. The summed E-state index contributed by atoms with van der Waals surface area (Å²) in [5.41, 5.74) is 10.4. The third kappa shape index (κ3) is 4.35. The van der Waals surface area contributed by atoms with Gasteiger partial charge in [-0.15, -0.1) is 0 Å². The molecule has 2 aromatic carbocycles. The third-order valence-electron chi connectivity index (χ3n) is 4.15. The standard InChI is InChI=1S/C20H25NO2/c1-3-15(13-14-20(22)23-4-2)16-9-5-6-10-17(16)18-11-7-8-12-19(18)21/h5-12,15H,3-4,13-14,21H2,1-2H3. The first-order chi connectivity index (χ1) is 11.2. The maximum atomic E-state index is 11.7. The number of esters is 1. The fourth-order valence-corrected chi connectivity index (χ4v) is 2.95. The second-order valence-corrected chi connectivity index (χ2v) is 5.62. The predicted octanol–water partition coefficient (Wildman–Crippen LogP) is 4.77. The first kappa shape index (κ1) is 17.1. The van der Waals surface area contributed by atoms with Crippen LogP contribution in [0.2, 0.25) is 0 Å². The van der Waals surface area contributed by atoms with E-state index in [1.165, 1.54) is 5.56 Å². The van der Waals surface area contributed by atoms with Crippen molar-refractivity contribution in [2.24, 2.45) is 0 Å². The van der Waals surface area contributed by atoms with E-state index in [9.17, 15) is 4.79 Å². The van der Waals surface area contributed by atoms with Gasteiger partial charge in [0.05, 0.1) is 6.61 Å². The summed E-state index contributed by atoms with van der Waals surface area (Å²) in [6.07, 6.45) is 2.22. The number of benzene rings is 2. The van der Waals surface area contributed by atoms with Crippen molar-refractivity contribution < 1.29 is 9.53 Å². The molecule has 0 aliphatic carbocycles. The fraction of sp³-hybridized carbons (Fsp3) is 0.350. The first-order valence-electron chi connectivity index (χ1n) is 8.26. The summed E-state index contributed by atoms with van der Waals surface area (Å²) < 4.78 is 5.05. The quantitative estimate of drug-likeness (QED) is 0.592. The molecule has 0 saturated heterocycles. The van der Waals surface area contributed by atoms with E-state index in [-0.39, 0.29) is 5.97 Å². The minimum atomic E-state index is -0.123. The molecule has 2 N–H and O–H groups in total. The summed E-state index contributed by atoms with van der Waals surface area (Å²) in [6, 6.07) is 16.2. The highest BCUT2D eigenvalue weighted by molar-refractivity contribution is 5.79. The van der Waals surface area contributed by atoms with Crippen molar-refractivity contribution in [2.45, 2.75) is 39.0 Å². The van der Waals surface area contributed by atoms with Gasteiger partial charge in [-0.05, 0) is 42.9 Å². The molecule has 0 radical (unpaired) electrons. The smallest absolute Gasteiger partial charge is 0.305 e. The van der Waals surface area contributed by atoms with Crippen LogP contribution in [0.3, 0.4) is 0 Å². The molecule has 23 heavy (non-hydrogen) atoms. The molecule has 122 valence electrons. The van der Waals surface area contributed by atoms with Gasteiger partial charge in [-0.1, -0.05) is 49.4 Å². The van der Waals surface area contributed by atoms with Crippen LogP contribution in [0.15, 0.2) is 48.5 Å². The maximum Gasteiger partial charge on any atom is 0.305 e. The molecule has 0 amide bonds. The van der Waals surface area contributed by atoms with Gasteiger partial charge in [-0.2, -0.15) is 0 Å². The van der Waals surface area contributed by atoms with Crippen LogP contribution in [-0.2, 0) is 9.53 Å². The van der Waals surface area contributed by atoms with E-state index in [0.717, 1.165) is 29.7 Å². The Hall–Kier alpha value is -2.29. The molecule has 0 bridgehead atoms. The number of hydrogen-bond donors (Lipinski definition) is 1. The lowest BCUT2D eigenvalue weighted by atomic mass is 9.86. The van der Waals surface area contributed by atoms with Crippen LogP contribution in [0.1, 0.15) is 44.6 Å². The van der Waals surface area contributed by atoms with Gasteiger partial charge >= 0.3 is 5.97 Å². The van der Waals surface area contributed by atoms with Crippen LogP contribution >= 0.6 is 0 Å². The Balaban J connectivity index is 2.27. The van der Waals surface area contributed by atoms with Gasteiger partial charge in [0.25, 0.3) is 0 Å². The van der Waals surface area contributed by atoms with Gasteiger partial charge in [-0.25, -0.2) is 0 Å². The molecule has 2 aromatic rings. The van der Waals surface area contributed by atoms with Gasteiger partial charge in [0.15, 0.2) is 0 Å². The zero-order chi connectivity index (χ0) is 16.7. The highest BCUT2D eigenvalue weighted by Gasteiger charge is 2.17. The number of anilines is 1. The summed E-state index contributed by atoms with van der Waals surface area (Å²) in [6.45, 7) is 4.43. The number of rotatable bonds is 7. The minimum Gasteiger partial charge on any atom is -0.466 e. The number of nitrogen functional groups attached to an aromatic ring is 1. The fourth-order valence-electron chi connectivity index (χ4n) is 2.95. The van der Waals surface area contributed by atoms with Crippen molar-refractivity contribution in [1.29, 1.82) is 0 Å². The molecule has 0 saturated carbocycles. The van der Waals surface area contributed by atoms with Crippen LogP contribution in [-0.4, -0.2) is 12.6 Å². The highest BCUT2D eigenvalue weighted by Crippen LogP contribution is 2.36. The monoisotopic (exact) mass is 311 g/mol. The number of nitrogens with two attached hydrogens (primary N) is 1. The average molecular weight is 311 g/mol. The minimum absolute atomic E-state index is 0.123. The zero-order valence-electron chi connectivity index (χ0n) is 13.9. The van der Waals surface area contributed by atoms with Gasteiger partial charge in [0.1, 0.15) is 0 Å². The van der Waals surface area contributed by atoms with E-state index in [1.54, 1.807) is 0 Å². The summed E-state index contributed by atoms with van der Waals surface area (Å²) >= 11 is 0. The van der Waals surface area contributed by atoms with Crippen molar-refractivity contribution >= 4 is 11.7 Å². The van der Waals surface area contributed by atoms with E-state index in [2.05, 4.69) is 19.1 Å². The molecule has 1 atom stereocenters. The van der Waals surface area contributed by atoms with Crippen LogP contribution in [0.5, 0.6) is 0 Å². The Kier molecular flexibility index (Phi) is 6.21. The predicted molar refractivity (Wildman–Crippen MR) is 95.2 cm³/mol. The first-order valence-corrected chi connectivity index (χ1v) is 8.26. The van der Waals surface area contributed by atoms with Crippen molar-refractivity contribution in [2.75, 3.05) is 12.3 Å². The van der Waals surface area contributed by atoms with Gasteiger partial charge in [0, 0.05) is 17.7 Å². The van der Waals surface area contributed by atoms with E-state index < -0.39 is 0 Å². The topological polar surface area (TPSA) is 52.3 Å². The number of carbonyl (C=O) groups excluding carboxylic acids is 1.